The summed E-state index contributed by atoms with van der Waals surface area (Å²) in [5.74, 6) is 3.62. The van der Waals surface area contributed by atoms with Crippen LogP contribution in [0, 0.1) is 18.3 Å². The first-order chi connectivity index (χ1) is 5.93. The molecule has 1 atom stereocenters. The van der Waals surface area contributed by atoms with Gasteiger partial charge in [-0.1, -0.05) is 6.42 Å². The van der Waals surface area contributed by atoms with E-state index in [1.165, 1.54) is 45.2 Å². The van der Waals surface area contributed by atoms with E-state index in [2.05, 4.69) is 11.2 Å². The average molecular weight is 165 g/mol. The van der Waals surface area contributed by atoms with Gasteiger partial charge in [-0.05, 0) is 44.7 Å². The molecule has 1 saturated heterocycles. The van der Waals surface area contributed by atoms with Crippen LogP contribution in [0.2, 0.25) is 0 Å². The van der Waals surface area contributed by atoms with Gasteiger partial charge in [-0.25, -0.2) is 0 Å². The molecular formula is C11H19N. The third-order valence-corrected chi connectivity index (χ3v) is 2.58. The standard InChI is InChI=1S/C11H19N/c1-2-3-4-5-7-11-8-6-9-12-10-11/h1,11-12H,3-10H2. The maximum absolute atomic E-state index is 5.19. The van der Waals surface area contributed by atoms with Gasteiger partial charge in [0.2, 0.25) is 0 Å². The zero-order valence-electron chi connectivity index (χ0n) is 7.81. The third kappa shape index (κ3) is 3.78. The number of unbranched alkanes of at least 4 members (excludes halogenated alkanes) is 2. The van der Waals surface area contributed by atoms with E-state index in [9.17, 15) is 0 Å². The molecule has 1 aliphatic heterocycles. The third-order valence-electron chi connectivity index (χ3n) is 2.58. The highest BCUT2D eigenvalue weighted by atomic mass is 14.9. The van der Waals surface area contributed by atoms with E-state index >= 15 is 0 Å². The second kappa shape index (κ2) is 6.08. The summed E-state index contributed by atoms with van der Waals surface area (Å²) in [5, 5.41) is 3.44. The van der Waals surface area contributed by atoms with E-state index in [0.717, 1.165) is 12.3 Å². The SMILES string of the molecule is C#CCCCCC1CCCNC1. The van der Waals surface area contributed by atoms with Crippen LogP contribution in [0.1, 0.15) is 38.5 Å². The number of nitrogens with one attached hydrogen (secondary N) is 1. The van der Waals surface area contributed by atoms with Crippen LogP contribution in [0.15, 0.2) is 0 Å². The smallest absolute Gasteiger partial charge is 0.00860 e. The number of hydrogen-bond donors (Lipinski definition) is 1. The molecule has 0 aromatic heterocycles. The molecule has 1 fully saturated rings. The van der Waals surface area contributed by atoms with Crippen LogP contribution in [0.3, 0.4) is 0 Å². The monoisotopic (exact) mass is 165 g/mol. The van der Waals surface area contributed by atoms with Crippen LogP contribution in [0.4, 0.5) is 0 Å². The van der Waals surface area contributed by atoms with Crippen molar-refractivity contribution in [1.82, 2.24) is 5.32 Å². The zero-order valence-corrected chi connectivity index (χ0v) is 7.81. The molecule has 0 aliphatic carbocycles. The lowest BCUT2D eigenvalue weighted by Crippen LogP contribution is -2.29. The minimum Gasteiger partial charge on any atom is -0.316 e. The average Bonchev–Trinajstić information content (AvgIpc) is 2.14. The van der Waals surface area contributed by atoms with Gasteiger partial charge in [0.25, 0.3) is 0 Å². The van der Waals surface area contributed by atoms with Crippen LogP contribution < -0.4 is 5.32 Å². The molecule has 1 unspecified atom stereocenters. The topological polar surface area (TPSA) is 12.0 Å². The van der Waals surface area contributed by atoms with Gasteiger partial charge in [0.15, 0.2) is 0 Å². The van der Waals surface area contributed by atoms with Crippen molar-refractivity contribution in [3.63, 3.8) is 0 Å². The van der Waals surface area contributed by atoms with Crippen LogP contribution in [0.5, 0.6) is 0 Å². The van der Waals surface area contributed by atoms with E-state index in [1.807, 2.05) is 0 Å². The van der Waals surface area contributed by atoms with Crippen molar-refractivity contribution in [2.45, 2.75) is 38.5 Å². The Morgan fingerprint density at radius 2 is 2.33 bits per heavy atom. The molecule has 1 N–H and O–H groups in total. The van der Waals surface area contributed by atoms with Crippen molar-refractivity contribution >= 4 is 0 Å². The van der Waals surface area contributed by atoms with Gasteiger partial charge >= 0.3 is 0 Å². The summed E-state index contributed by atoms with van der Waals surface area (Å²) in [6.07, 6.45) is 12.8. The van der Waals surface area contributed by atoms with Gasteiger partial charge < -0.3 is 5.32 Å². The molecular weight excluding hydrogens is 146 g/mol. The number of terminal acetylenes is 1. The molecule has 1 heteroatoms. The summed E-state index contributed by atoms with van der Waals surface area (Å²) in [4.78, 5) is 0. The molecule has 0 aromatic rings. The molecule has 1 heterocycles. The number of hydrogen-bond acceptors (Lipinski definition) is 1. The Kier molecular flexibility index (Phi) is 4.87. The highest BCUT2D eigenvalue weighted by molar-refractivity contribution is 4.83. The van der Waals surface area contributed by atoms with Gasteiger partial charge in [-0.3, -0.25) is 0 Å². The predicted octanol–water partition coefficient (Wildman–Crippen LogP) is 2.18. The van der Waals surface area contributed by atoms with Gasteiger partial charge in [-0.2, -0.15) is 0 Å². The quantitative estimate of drug-likeness (QED) is 0.497. The number of piperidine rings is 1. The Morgan fingerprint density at radius 3 is 3.00 bits per heavy atom. The first kappa shape index (κ1) is 9.61. The first-order valence-corrected chi connectivity index (χ1v) is 5.07. The first-order valence-electron chi connectivity index (χ1n) is 5.07. The van der Waals surface area contributed by atoms with Crippen LogP contribution >= 0.6 is 0 Å². The number of rotatable bonds is 4. The molecule has 68 valence electrons. The predicted molar refractivity (Wildman–Crippen MR) is 52.9 cm³/mol. The van der Waals surface area contributed by atoms with Crippen molar-refractivity contribution in [3.05, 3.63) is 0 Å². The van der Waals surface area contributed by atoms with Gasteiger partial charge in [0.1, 0.15) is 0 Å². The lowest BCUT2D eigenvalue weighted by Gasteiger charge is -2.22. The Morgan fingerprint density at radius 1 is 1.42 bits per heavy atom. The van der Waals surface area contributed by atoms with Crippen molar-refractivity contribution in [2.75, 3.05) is 13.1 Å². The minimum atomic E-state index is 0.927. The van der Waals surface area contributed by atoms with E-state index in [-0.39, 0.29) is 0 Å². The molecule has 0 bridgehead atoms. The maximum atomic E-state index is 5.19. The molecule has 0 saturated carbocycles. The second-order valence-corrected chi connectivity index (χ2v) is 3.66. The normalized spacial score (nSPS) is 23.4. The van der Waals surface area contributed by atoms with E-state index in [4.69, 9.17) is 6.42 Å². The zero-order chi connectivity index (χ0) is 8.65. The largest absolute Gasteiger partial charge is 0.316 e. The summed E-state index contributed by atoms with van der Waals surface area (Å²) in [5.41, 5.74) is 0. The maximum Gasteiger partial charge on any atom is 0.00860 e. The summed E-state index contributed by atoms with van der Waals surface area (Å²) in [6.45, 7) is 2.46. The van der Waals surface area contributed by atoms with E-state index < -0.39 is 0 Å². The molecule has 12 heavy (non-hydrogen) atoms. The fourth-order valence-electron chi connectivity index (χ4n) is 1.83. The van der Waals surface area contributed by atoms with Gasteiger partial charge in [-0.15, -0.1) is 12.3 Å². The van der Waals surface area contributed by atoms with Crippen LogP contribution in [0.25, 0.3) is 0 Å². The fraction of sp³-hybridized carbons (Fsp3) is 0.818. The summed E-state index contributed by atoms with van der Waals surface area (Å²) in [7, 11) is 0. The molecule has 1 aliphatic rings. The van der Waals surface area contributed by atoms with E-state index in [1.54, 1.807) is 0 Å². The second-order valence-electron chi connectivity index (χ2n) is 3.66. The molecule has 0 spiro atoms. The van der Waals surface area contributed by atoms with Gasteiger partial charge in [0, 0.05) is 6.42 Å². The molecule has 1 nitrogen and oxygen atoms in total. The minimum absolute atomic E-state index is 0.927. The summed E-state index contributed by atoms with van der Waals surface area (Å²) < 4.78 is 0. The van der Waals surface area contributed by atoms with Crippen molar-refractivity contribution in [1.29, 1.82) is 0 Å². The molecule has 1 rings (SSSR count). The summed E-state index contributed by atoms with van der Waals surface area (Å²) >= 11 is 0. The molecule has 0 radical (unpaired) electrons. The van der Waals surface area contributed by atoms with E-state index in [0.29, 0.717) is 0 Å². The van der Waals surface area contributed by atoms with Crippen LogP contribution in [-0.4, -0.2) is 13.1 Å². The lowest BCUT2D eigenvalue weighted by atomic mass is 9.94. The summed E-state index contributed by atoms with van der Waals surface area (Å²) in [6, 6.07) is 0. The van der Waals surface area contributed by atoms with Crippen molar-refractivity contribution < 1.29 is 0 Å². The Hall–Kier alpha value is -0.480. The van der Waals surface area contributed by atoms with Crippen molar-refractivity contribution in [3.8, 4) is 12.3 Å². The van der Waals surface area contributed by atoms with Crippen molar-refractivity contribution in [2.24, 2.45) is 5.92 Å². The highest BCUT2D eigenvalue weighted by Gasteiger charge is 2.11. The van der Waals surface area contributed by atoms with Crippen LogP contribution in [-0.2, 0) is 0 Å². The highest BCUT2D eigenvalue weighted by Crippen LogP contribution is 2.17. The lowest BCUT2D eigenvalue weighted by molar-refractivity contribution is 0.348. The van der Waals surface area contributed by atoms with Gasteiger partial charge in [0.05, 0.1) is 0 Å². The Labute approximate surface area is 75.9 Å². The Balaban J connectivity index is 1.95. The molecule has 0 amide bonds. The Bertz CT molecular complexity index is 140. The fourth-order valence-corrected chi connectivity index (χ4v) is 1.83. The molecule has 0 aromatic carbocycles.